The number of nitriles is 1. The quantitative estimate of drug-likeness (QED) is 0.455. The van der Waals surface area contributed by atoms with Crippen LogP contribution in [-0.2, 0) is 0 Å². The molecule has 2 nitrogen and oxygen atoms in total. The molecule has 0 radical (unpaired) electrons. The first-order valence-electron chi connectivity index (χ1n) is 5.90. The van der Waals surface area contributed by atoms with Gasteiger partial charge in [-0.1, -0.05) is 31.4 Å². The first-order chi connectivity index (χ1) is 8.21. The van der Waals surface area contributed by atoms with Gasteiger partial charge in [-0.2, -0.15) is 5.26 Å². The lowest BCUT2D eigenvalue weighted by molar-refractivity contribution is 0.193. The number of hydrogen-bond donors (Lipinski definition) is 1. The van der Waals surface area contributed by atoms with Crippen molar-refractivity contribution in [3.63, 3.8) is 0 Å². The molecule has 1 rings (SSSR count). The first kappa shape index (κ1) is 15.9. The minimum absolute atomic E-state index is 0.633. The lowest BCUT2D eigenvalue weighted by Gasteiger charge is -2.38. The van der Waals surface area contributed by atoms with Gasteiger partial charge in [-0.05, 0) is 25.7 Å². The summed E-state index contributed by atoms with van der Waals surface area (Å²) in [5, 5.41) is 8.63. The van der Waals surface area contributed by atoms with Gasteiger partial charge in [0.25, 0.3) is 0 Å². The van der Waals surface area contributed by atoms with E-state index in [0.29, 0.717) is 6.04 Å². The molecule has 1 atom stereocenters. The molecule has 0 aromatic rings. The van der Waals surface area contributed by atoms with Gasteiger partial charge < -0.3 is 4.90 Å². The van der Waals surface area contributed by atoms with Gasteiger partial charge in [0.15, 0.2) is 0 Å². The minimum atomic E-state index is 0.633. The SMILES string of the molecule is C=CCC(=C)N1CCCCC1CC=C.N#CS. The summed E-state index contributed by atoms with van der Waals surface area (Å²) in [6.07, 6.45) is 9.86. The summed E-state index contributed by atoms with van der Waals surface area (Å²) in [5.41, 5.74) is 1.21. The van der Waals surface area contributed by atoms with Gasteiger partial charge in [-0.15, -0.1) is 13.2 Å². The molecule has 0 amide bonds. The molecule has 0 N–H and O–H groups in total. The molecular weight excluding hydrogens is 228 g/mol. The van der Waals surface area contributed by atoms with E-state index in [9.17, 15) is 0 Å². The van der Waals surface area contributed by atoms with Crippen LogP contribution in [0.4, 0.5) is 0 Å². The van der Waals surface area contributed by atoms with Gasteiger partial charge in [0, 0.05) is 24.7 Å². The zero-order valence-electron chi connectivity index (χ0n) is 10.4. The summed E-state index contributed by atoms with van der Waals surface area (Å²) in [7, 11) is 0. The molecule has 1 fully saturated rings. The largest absolute Gasteiger partial charge is 0.372 e. The van der Waals surface area contributed by atoms with Gasteiger partial charge >= 0.3 is 0 Å². The van der Waals surface area contributed by atoms with Crippen LogP contribution in [0.1, 0.15) is 32.1 Å². The van der Waals surface area contributed by atoms with Crippen molar-refractivity contribution in [1.82, 2.24) is 4.90 Å². The maximum atomic E-state index is 7.18. The van der Waals surface area contributed by atoms with Gasteiger partial charge in [0.2, 0.25) is 0 Å². The molecule has 1 aliphatic rings. The van der Waals surface area contributed by atoms with Crippen LogP contribution in [0.5, 0.6) is 0 Å². The average Bonchev–Trinajstić information content (AvgIpc) is 2.31. The predicted molar refractivity (Wildman–Crippen MR) is 77.7 cm³/mol. The summed E-state index contributed by atoms with van der Waals surface area (Å²) < 4.78 is 0. The van der Waals surface area contributed by atoms with E-state index in [4.69, 9.17) is 5.26 Å². The van der Waals surface area contributed by atoms with Crippen molar-refractivity contribution in [3.8, 4) is 5.40 Å². The molecule has 0 spiro atoms. The number of allylic oxidation sites excluding steroid dienone is 1. The highest BCUT2D eigenvalue weighted by molar-refractivity contribution is 7.85. The maximum absolute atomic E-state index is 7.18. The van der Waals surface area contributed by atoms with Crippen molar-refractivity contribution in [2.24, 2.45) is 0 Å². The lowest BCUT2D eigenvalue weighted by Crippen LogP contribution is -2.38. The van der Waals surface area contributed by atoms with E-state index in [2.05, 4.69) is 37.3 Å². The zero-order valence-corrected chi connectivity index (χ0v) is 11.3. The Balaban J connectivity index is 0.000000770. The van der Waals surface area contributed by atoms with Gasteiger partial charge in [-0.25, -0.2) is 0 Å². The highest BCUT2D eigenvalue weighted by Gasteiger charge is 2.21. The van der Waals surface area contributed by atoms with E-state index in [1.807, 2.05) is 12.2 Å². The Morgan fingerprint density at radius 3 is 2.59 bits per heavy atom. The number of piperidine rings is 1. The highest BCUT2D eigenvalue weighted by atomic mass is 32.1. The molecular formula is C14H22N2S. The Kier molecular flexibility index (Phi) is 9.37. The molecule has 0 aromatic carbocycles. The monoisotopic (exact) mass is 250 g/mol. The molecule has 17 heavy (non-hydrogen) atoms. The fraction of sp³-hybridized carbons (Fsp3) is 0.500. The van der Waals surface area contributed by atoms with E-state index in [0.717, 1.165) is 19.4 Å². The number of thiocyanates is 1. The van der Waals surface area contributed by atoms with Crippen LogP contribution in [0.15, 0.2) is 37.6 Å². The fourth-order valence-corrected chi connectivity index (χ4v) is 2.14. The third-order valence-electron chi connectivity index (χ3n) is 2.85. The molecule has 0 aliphatic carbocycles. The van der Waals surface area contributed by atoms with Gasteiger partial charge in [0.1, 0.15) is 5.40 Å². The molecule has 3 heteroatoms. The van der Waals surface area contributed by atoms with E-state index < -0.39 is 0 Å². The third-order valence-corrected chi connectivity index (χ3v) is 2.85. The highest BCUT2D eigenvalue weighted by Crippen LogP contribution is 2.24. The Morgan fingerprint density at radius 2 is 2.06 bits per heavy atom. The van der Waals surface area contributed by atoms with E-state index in [1.54, 1.807) is 0 Å². The van der Waals surface area contributed by atoms with Gasteiger partial charge in [-0.3, -0.25) is 0 Å². The number of likely N-dealkylation sites (tertiary alicyclic amines) is 1. The number of rotatable bonds is 5. The maximum Gasteiger partial charge on any atom is 0.130 e. The van der Waals surface area contributed by atoms with Crippen LogP contribution in [0.2, 0.25) is 0 Å². The molecule has 1 aliphatic heterocycles. The Hall–Kier alpha value is -1.14. The van der Waals surface area contributed by atoms with Crippen LogP contribution in [0.25, 0.3) is 0 Å². The summed E-state index contributed by atoms with van der Waals surface area (Å²) >= 11 is 3.09. The van der Waals surface area contributed by atoms with Gasteiger partial charge in [0.05, 0.1) is 0 Å². The van der Waals surface area contributed by atoms with Crippen LogP contribution in [-0.4, -0.2) is 17.5 Å². The Labute approximate surface area is 111 Å². The van der Waals surface area contributed by atoms with Crippen molar-refractivity contribution >= 4 is 12.6 Å². The predicted octanol–water partition coefficient (Wildman–Crippen LogP) is 3.90. The standard InChI is InChI=1S/C13H21N.CHNS/c1-4-8-12(3)14-11-7-6-10-13(14)9-5-2;2-1-3/h4-5,13H,1-3,6-11H2;3H. The molecule has 1 unspecified atom stereocenters. The molecule has 0 bridgehead atoms. The third kappa shape index (κ3) is 6.23. The first-order valence-corrected chi connectivity index (χ1v) is 6.35. The topological polar surface area (TPSA) is 27.0 Å². The number of thiol groups is 1. The minimum Gasteiger partial charge on any atom is -0.372 e. The smallest absolute Gasteiger partial charge is 0.130 e. The zero-order chi connectivity index (χ0) is 13.1. The average molecular weight is 250 g/mol. The summed E-state index contributed by atoms with van der Waals surface area (Å²) in [4.78, 5) is 2.44. The van der Waals surface area contributed by atoms with Crippen LogP contribution < -0.4 is 0 Å². The molecule has 0 aromatic heterocycles. The fourth-order valence-electron chi connectivity index (χ4n) is 2.14. The molecule has 94 valence electrons. The Morgan fingerprint density at radius 1 is 1.41 bits per heavy atom. The number of hydrogen-bond acceptors (Lipinski definition) is 3. The van der Waals surface area contributed by atoms with Crippen LogP contribution >= 0.6 is 12.6 Å². The number of nitrogens with zero attached hydrogens (tertiary/aromatic N) is 2. The van der Waals surface area contributed by atoms with Crippen LogP contribution in [0.3, 0.4) is 0 Å². The van der Waals surface area contributed by atoms with Crippen molar-refractivity contribution in [3.05, 3.63) is 37.6 Å². The summed E-state index contributed by atoms with van der Waals surface area (Å²) in [6.45, 7) is 12.9. The van der Waals surface area contributed by atoms with Crippen LogP contribution in [0, 0.1) is 10.7 Å². The van der Waals surface area contributed by atoms with E-state index in [1.165, 1.54) is 30.4 Å². The van der Waals surface area contributed by atoms with Crippen molar-refractivity contribution in [2.75, 3.05) is 6.54 Å². The lowest BCUT2D eigenvalue weighted by atomic mass is 9.98. The van der Waals surface area contributed by atoms with E-state index >= 15 is 0 Å². The Bertz CT molecular complexity index is 291. The van der Waals surface area contributed by atoms with Crippen molar-refractivity contribution in [1.29, 1.82) is 5.26 Å². The second-order valence-electron chi connectivity index (χ2n) is 4.03. The van der Waals surface area contributed by atoms with Crippen molar-refractivity contribution in [2.45, 2.75) is 38.1 Å². The van der Waals surface area contributed by atoms with Crippen molar-refractivity contribution < 1.29 is 0 Å². The second-order valence-corrected chi connectivity index (χ2v) is 4.23. The second kappa shape index (κ2) is 10.0. The summed E-state index contributed by atoms with van der Waals surface area (Å²) in [5.74, 6) is 0. The summed E-state index contributed by atoms with van der Waals surface area (Å²) in [6, 6.07) is 0.633. The molecule has 1 saturated heterocycles. The normalized spacial score (nSPS) is 18.4. The molecule has 0 saturated carbocycles. The molecule has 1 heterocycles. The van der Waals surface area contributed by atoms with E-state index in [-0.39, 0.29) is 0 Å².